The molecule has 0 spiro atoms. The summed E-state index contributed by atoms with van der Waals surface area (Å²) in [6.45, 7) is 2.77. The number of carbonyl (C=O) groups is 1. The first-order chi connectivity index (χ1) is 11.6. The van der Waals surface area contributed by atoms with Crippen molar-refractivity contribution in [2.75, 3.05) is 13.1 Å². The van der Waals surface area contributed by atoms with Gasteiger partial charge in [0.05, 0.1) is 16.8 Å². The number of benzene rings is 1. The van der Waals surface area contributed by atoms with Gasteiger partial charge < -0.3 is 9.64 Å². The largest absolute Gasteiger partial charge is 0.489 e. The Morgan fingerprint density at radius 1 is 1.33 bits per heavy atom. The molecular formula is C18H18ClFN2O2. The highest BCUT2D eigenvalue weighted by atomic mass is 35.5. The SMILES string of the molecule is Cc1ccc(F)c(C(=O)N2CCC(Oc3cccnc3)CC2)c1Cl. The fourth-order valence-electron chi connectivity index (χ4n) is 2.80. The van der Waals surface area contributed by atoms with Crippen LogP contribution in [0.15, 0.2) is 36.7 Å². The lowest BCUT2D eigenvalue weighted by molar-refractivity contribution is 0.0591. The first kappa shape index (κ1) is 16.7. The summed E-state index contributed by atoms with van der Waals surface area (Å²) in [6, 6.07) is 6.53. The molecule has 0 saturated carbocycles. The van der Waals surface area contributed by atoms with Gasteiger partial charge in [0.15, 0.2) is 0 Å². The minimum Gasteiger partial charge on any atom is -0.489 e. The molecule has 126 valence electrons. The first-order valence-electron chi connectivity index (χ1n) is 7.87. The summed E-state index contributed by atoms with van der Waals surface area (Å²) in [7, 11) is 0. The van der Waals surface area contributed by atoms with E-state index in [1.165, 1.54) is 6.07 Å². The predicted molar refractivity (Wildman–Crippen MR) is 89.9 cm³/mol. The summed E-state index contributed by atoms with van der Waals surface area (Å²) in [5.74, 6) is -0.222. The number of hydrogen-bond acceptors (Lipinski definition) is 3. The second-order valence-corrected chi connectivity index (χ2v) is 6.23. The van der Waals surface area contributed by atoms with Crippen LogP contribution in [-0.2, 0) is 0 Å². The van der Waals surface area contributed by atoms with E-state index < -0.39 is 5.82 Å². The number of nitrogens with zero attached hydrogens (tertiary/aromatic N) is 2. The highest BCUT2D eigenvalue weighted by Gasteiger charge is 2.28. The number of aryl methyl sites for hydroxylation is 1. The Labute approximate surface area is 145 Å². The maximum atomic E-state index is 14.0. The summed E-state index contributed by atoms with van der Waals surface area (Å²) in [6.07, 6.45) is 4.75. The van der Waals surface area contributed by atoms with Crippen molar-refractivity contribution in [2.24, 2.45) is 0 Å². The van der Waals surface area contributed by atoms with E-state index in [2.05, 4.69) is 4.98 Å². The molecule has 1 aromatic carbocycles. The molecule has 2 aromatic rings. The van der Waals surface area contributed by atoms with E-state index in [-0.39, 0.29) is 22.6 Å². The highest BCUT2D eigenvalue weighted by molar-refractivity contribution is 6.34. The third-order valence-corrected chi connectivity index (χ3v) is 4.65. The van der Waals surface area contributed by atoms with Gasteiger partial charge in [0.25, 0.3) is 5.91 Å². The number of likely N-dealkylation sites (tertiary alicyclic amines) is 1. The van der Waals surface area contributed by atoms with Crippen molar-refractivity contribution in [1.82, 2.24) is 9.88 Å². The van der Waals surface area contributed by atoms with E-state index in [4.69, 9.17) is 16.3 Å². The number of aromatic nitrogens is 1. The van der Waals surface area contributed by atoms with E-state index in [9.17, 15) is 9.18 Å². The summed E-state index contributed by atoms with van der Waals surface area (Å²) in [4.78, 5) is 18.3. The lowest BCUT2D eigenvalue weighted by Crippen LogP contribution is -2.42. The summed E-state index contributed by atoms with van der Waals surface area (Å²) in [5, 5.41) is 0.189. The van der Waals surface area contributed by atoms with Gasteiger partial charge in [-0.15, -0.1) is 0 Å². The molecule has 1 aromatic heterocycles. The van der Waals surface area contributed by atoms with Crippen LogP contribution in [0.25, 0.3) is 0 Å². The van der Waals surface area contributed by atoms with Crippen LogP contribution in [-0.4, -0.2) is 35.0 Å². The third-order valence-electron chi connectivity index (χ3n) is 4.16. The third kappa shape index (κ3) is 3.51. The fourth-order valence-corrected chi connectivity index (χ4v) is 3.03. The molecule has 0 unspecified atom stereocenters. The van der Waals surface area contributed by atoms with Crippen molar-refractivity contribution in [3.8, 4) is 5.75 Å². The molecule has 1 amide bonds. The van der Waals surface area contributed by atoms with Crippen molar-refractivity contribution in [3.63, 3.8) is 0 Å². The summed E-state index contributed by atoms with van der Waals surface area (Å²) >= 11 is 6.13. The number of rotatable bonds is 3. The Balaban J connectivity index is 1.65. The number of piperidine rings is 1. The molecule has 1 fully saturated rings. The van der Waals surface area contributed by atoms with E-state index in [1.807, 2.05) is 12.1 Å². The Hall–Kier alpha value is -2.14. The molecule has 1 saturated heterocycles. The number of ether oxygens (including phenoxy) is 1. The molecule has 0 radical (unpaired) electrons. The Morgan fingerprint density at radius 2 is 2.08 bits per heavy atom. The van der Waals surface area contributed by atoms with Gasteiger partial charge in [0.1, 0.15) is 17.7 Å². The van der Waals surface area contributed by atoms with Gasteiger partial charge in [0, 0.05) is 32.1 Å². The van der Waals surface area contributed by atoms with Crippen LogP contribution < -0.4 is 4.74 Å². The minimum atomic E-state index is -0.579. The molecule has 24 heavy (non-hydrogen) atoms. The van der Waals surface area contributed by atoms with E-state index in [0.29, 0.717) is 31.5 Å². The predicted octanol–water partition coefficient (Wildman–Crippen LogP) is 3.87. The molecule has 3 rings (SSSR count). The molecular weight excluding hydrogens is 331 g/mol. The van der Waals surface area contributed by atoms with Crippen LogP contribution in [0.5, 0.6) is 5.75 Å². The first-order valence-corrected chi connectivity index (χ1v) is 8.24. The maximum absolute atomic E-state index is 14.0. The lowest BCUT2D eigenvalue weighted by atomic mass is 10.0. The number of hydrogen-bond donors (Lipinski definition) is 0. The van der Waals surface area contributed by atoms with E-state index >= 15 is 0 Å². The molecule has 0 bridgehead atoms. The van der Waals surface area contributed by atoms with Gasteiger partial charge in [-0.1, -0.05) is 17.7 Å². The Kier molecular flexibility index (Phi) is 5.00. The van der Waals surface area contributed by atoms with Crippen molar-refractivity contribution in [2.45, 2.75) is 25.9 Å². The average molecular weight is 349 g/mol. The van der Waals surface area contributed by atoms with Crippen LogP contribution in [0.1, 0.15) is 28.8 Å². The molecule has 0 atom stereocenters. The fraction of sp³-hybridized carbons (Fsp3) is 0.333. The standard InChI is InChI=1S/C18H18ClFN2O2/c1-12-4-5-15(20)16(17(12)19)18(23)22-9-6-13(7-10-22)24-14-3-2-8-21-11-14/h2-5,8,11,13H,6-7,9-10H2,1H3. The van der Waals surface area contributed by atoms with Crippen LogP contribution in [0.4, 0.5) is 4.39 Å². The second kappa shape index (κ2) is 7.18. The zero-order valence-electron chi connectivity index (χ0n) is 13.3. The molecule has 0 N–H and O–H groups in total. The topological polar surface area (TPSA) is 42.4 Å². The quantitative estimate of drug-likeness (QED) is 0.845. The lowest BCUT2D eigenvalue weighted by Gasteiger charge is -2.32. The molecule has 1 aliphatic rings. The van der Waals surface area contributed by atoms with Gasteiger partial charge in [0.2, 0.25) is 0 Å². The zero-order valence-corrected chi connectivity index (χ0v) is 14.1. The minimum absolute atomic E-state index is 0.0241. The number of amides is 1. The average Bonchev–Trinajstić information content (AvgIpc) is 2.60. The van der Waals surface area contributed by atoms with Gasteiger partial charge in [-0.25, -0.2) is 4.39 Å². The Morgan fingerprint density at radius 3 is 2.75 bits per heavy atom. The molecule has 2 heterocycles. The number of pyridine rings is 1. The van der Waals surface area contributed by atoms with Crippen molar-refractivity contribution >= 4 is 17.5 Å². The van der Waals surface area contributed by atoms with Crippen LogP contribution in [0.2, 0.25) is 5.02 Å². The van der Waals surface area contributed by atoms with Gasteiger partial charge in [-0.2, -0.15) is 0 Å². The highest BCUT2D eigenvalue weighted by Crippen LogP contribution is 2.26. The van der Waals surface area contributed by atoms with Gasteiger partial charge in [-0.3, -0.25) is 9.78 Å². The smallest absolute Gasteiger partial charge is 0.258 e. The monoisotopic (exact) mass is 348 g/mol. The molecule has 0 aliphatic carbocycles. The van der Waals surface area contributed by atoms with Crippen molar-refractivity contribution in [1.29, 1.82) is 0 Å². The van der Waals surface area contributed by atoms with E-state index in [1.54, 1.807) is 30.3 Å². The van der Waals surface area contributed by atoms with Gasteiger partial charge in [-0.05, 0) is 30.7 Å². The van der Waals surface area contributed by atoms with Crippen LogP contribution in [0.3, 0.4) is 0 Å². The maximum Gasteiger partial charge on any atom is 0.258 e. The second-order valence-electron chi connectivity index (χ2n) is 5.85. The molecule has 1 aliphatic heterocycles. The van der Waals surface area contributed by atoms with Crippen molar-refractivity contribution in [3.05, 3.63) is 58.6 Å². The summed E-state index contributed by atoms with van der Waals surface area (Å²) < 4.78 is 19.9. The Bertz CT molecular complexity index is 731. The normalized spacial score (nSPS) is 15.4. The van der Waals surface area contributed by atoms with Crippen LogP contribution in [0, 0.1) is 12.7 Å². The zero-order chi connectivity index (χ0) is 17.1. The number of carbonyl (C=O) groups excluding carboxylic acids is 1. The van der Waals surface area contributed by atoms with E-state index in [0.717, 1.165) is 5.75 Å². The van der Waals surface area contributed by atoms with Gasteiger partial charge >= 0.3 is 0 Å². The summed E-state index contributed by atoms with van der Waals surface area (Å²) in [5.41, 5.74) is 0.652. The van der Waals surface area contributed by atoms with Crippen LogP contribution >= 0.6 is 11.6 Å². The molecule has 6 heteroatoms. The molecule has 4 nitrogen and oxygen atoms in total. The van der Waals surface area contributed by atoms with Crippen molar-refractivity contribution < 1.29 is 13.9 Å². The number of halogens is 2.